The lowest BCUT2D eigenvalue weighted by molar-refractivity contribution is 1.08. The van der Waals surface area contributed by atoms with E-state index in [2.05, 4.69) is 115 Å². The number of hydrogen-bond donors (Lipinski definition) is 0. The Morgan fingerprint density at radius 2 is 0.672 bits per heavy atom. The van der Waals surface area contributed by atoms with Crippen LogP contribution < -0.4 is 0 Å². The quantitative estimate of drug-likeness (QED) is 0.155. The van der Waals surface area contributed by atoms with E-state index in [0.717, 1.165) is 77.8 Å². The van der Waals surface area contributed by atoms with Gasteiger partial charge in [0.2, 0.25) is 0 Å². The smallest absolute Gasteiger partial charge is 0.165 e. The van der Waals surface area contributed by atoms with Crippen LogP contribution in [0.3, 0.4) is 0 Å². The van der Waals surface area contributed by atoms with E-state index in [4.69, 9.17) is 24.9 Å². The van der Waals surface area contributed by atoms with Crippen molar-refractivity contribution in [3.05, 3.63) is 212 Å². The number of aromatic nitrogens is 5. The Morgan fingerprint density at radius 3 is 1.26 bits per heavy atom. The molecule has 0 bridgehead atoms. The zero-order valence-electron chi connectivity index (χ0n) is 31.4. The second-order valence-electron chi connectivity index (χ2n) is 14.1. The molecule has 0 aliphatic heterocycles. The molecule has 58 heavy (non-hydrogen) atoms. The van der Waals surface area contributed by atoms with Crippen LogP contribution in [0.4, 0.5) is 0 Å². The van der Waals surface area contributed by atoms with Crippen LogP contribution in [-0.4, -0.2) is 24.9 Å². The molecule has 5 nitrogen and oxygen atoms in total. The fraction of sp³-hybridized carbons (Fsp3) is 0. The summed E-state index contributed by atoms with van der Waals surface area (Å²) in [5.74, 6) is 2.58. The molecule has 0 unspecified atom stereocenters. The molecule has 10 rings (SSSR count). The van der Waals surface area contributed by atoms with E-state index < -0.39 is 0 Å². The van der Waals surface area contributed by atoms with Crippen molar-refractivity contribution in [1.82, 2.24) is 24.9 Å². The number of rotatable bonds is 8. The molecular weight excluding hydrogens is 707 g/mol. The van der Waals surface area contributed by atoms with Gasteiger partial charge >= 0.3 is 0 Å². The zero-order chi connectivity index (χ0) is 38.7. The highest BCUT2D eigenvalue weighted by Gasteiger charge is 2.19. The van der Waals surface area contributed by atoms with Gasteiger partial charge in [-0.05, 0) is 39.1 Å². The van der Waals surface area contributed by atoms with E-state index in [-0.39, 0.29) is 0 Å². The van der Waals surface area contributed by atoms with Gasteiger partial charge in [0.15, 0.2) is 23.3 Å². The highest BCUT2D eigenvalue weighted by atomic mass is 15.0. The first kappa shape index (κ1) is 34.6. The molecule has 10 aromatic rings. The molecule has 5 heteroatoms. The maximum absolute atomic E-state index is 5.17. The summed E-state index contributed by atoms with van der Waals surface area (Å²) in [4.78, 5) is 25.5. The molecule has 0 radical (unpaired) electrons. The highest BCUT2D eigenvalue weighted by molar-refractivity contribution is 6.03. The first-order valence-electron chi connectivity index (χ1n) is 19.3. The minimum atomic E-state index is 0.626. The Balaban J connectivity index is 1.10. The van der Waals surface area contributed by atoms with E-state index in [1.807, 2.05) is 97.1 Å². The largest absolute Gasteiger partial charge is 0.228 e. The van der Waals surface area contributed by atoms with Gasteiger partial charge in [0.25, 0.3) is 0 Å². The normalized spacial score (nSPS) is 11.1. The van der Waals surface area contributed by atoms with Crippen LogP contribution in [0.15, 0.2) is 212 Å². The lowest BCUT2D eigenvalue weighted by atomic mass is 9.91. The van der Waals surface area contributed by atoms with E-state index in [9.17, 15) is 0 Å². The zero-order valence-corrected chi connectivity index (χ0v) is 31.4. The van der Waals surface area contributed by atoms with Gasteiger partial charge in [-0.25, -0.2) is 24.9 Å². The van der Waals surface area contributed by atoms with Crippen LogP contribution in [0, 0.1) is 0 Å². The third kappa shape index (κ3) is 6.82. The van der Waals surface area contributed by atoms with Crippen molar-refractivity contribution < 1.29 is 0 Å². The molecule has 0 saturated heterocycles. The summed E-state index contributed by atoms with van der Waals surface area (Å²) in [7, 11) is 0. The molecule has 272 valence electrons. The minimum Gasteiger partial charge on any atom is -0.228 e. The van der Waals surface area contributed by atoms with E-state index in [1.54, 1.807) is 0 Å². The molecule has 0 saturated carbocycles. The molecule has 0 aliphatic carbocycles. The Hall–Kier alpha value is -7.89. The van der Waals surface area contributed by atoms with E-state index >= 15 is 0 Å². The van der Waals surface area contributed by atoms with Crippen molar-refractivity contribution in [2.45, 2.75) is 0 Å². The monoisotopic (exact) mass is 741 g/mol. The van der Waals surface area contributed by atoms with E-state index in [0.29, 0.717) is 23.3 Å². The maximum atomic E-state index is 5.17. The van der Waals surface area contributed by atoms with Crippen LogP contribution in [0.25, 0.3) is 101 Å². The summed E-state index contributed by atoms with van der Waals surface area (Å²) in [6.07, 6.45) is 0. The predicted octanol–water partition coefficient (Wildman–Crippen LogP) is 13.2. The van der Waals surface area contributed by atoms with Gasteiger partial charge in [-0.2, -0.15) is 0 Å². The number of hydrogen-bond acceptors (Lipinski definition) is 5. The Bertz CT molecular complexity index is 2910. The second-order valence-corrected chi connectivity index (χ2v) is 14.1. The number of fused-ring (bicyclic) bond motifs is 1. The van der Waals surface area contributed by atoms with Crippen molar-refractivity contribution in [2.75, 3.05) is 0 Å². The van der Waals surface area contributed by atoms with Crippen LogP contribution in [0.2, 0.25) is 0 Å². The molecule has 2 aromatic heterocycles. The van der Waals surface area contributed by atoms with Gasteiger partial charge in [-0.3, -0.25) is 0 Å². The first-order chi connectivity index (χ1) is 28.7. The van der Waals surface area contributed by atoms with Crippen LogP contribution in [-0.2, 0) is 0 Å². The van der Waals surface area contributed by atoms with Crippen molar-refractivity contribution in [3.63, 3.8) is 0 Å². The Labute approximate surface area is 337 Å². The summed E-state index contributed by atoms with van der Waals surface area (Å²) >= 11 is 0. The molecule has 2 heterocycles. The van der Waals surface area contributed by atoms with Crippen LogP contribution in [0.1, 0.15) is 0 Å². The second kappa shape index (κ2) is 15.3. The van der Waals surface area contributed by atoms with Gasteiger partial charge in [0, 0.05) is 33.4 Å². The summed E-state index contributed by atoms with van der Waals surface area (Å²) in [6, 6.07) is 72.9. The average Bonchev–Trinajstić information content (AvgIpc) is 3.32. The fourth-order valence-electron chi connectivity index (χ4n) is 7.52. The number of nitrogens with zero attached hydrogens (tertiary/aromatic N) is 5. The molecule has 0 aliphatic rings. The summed E-state index contributed by atoms with van der Waals surface area (Å²) in [6.45, 7) is 0. The number of benzene rings is 8. The lowest BCUT2D eigenvalue weighted by Gasteiger charge is -2.16. The Kier molecular flexibility index (Phi) is 9.14. The fourth-order valence-corrected chi connectivity index (χ4v) is 7.52. The molecule has 8 aromatic carbocycles. The van der Waals surface area contributed by atoms with Gasteiger partial charge in [0.1, 0.15) is 0 Å². The molecule has 0 spiro atoms. The molecule has 0 atom stereocenters. The van der Waals surface area contributed by atoms with Crippen molar-refractivity contribution in [1.29, 1.82) is 0 Å². The van der Waals surface area contributed by atoms with Gasteiger partial charge in [-0.15, -0.1) is 0 Å². The van der Waals surface area contributed by atoms with Crippen molar-refractivity contribution in [2.24, 2.45) is 0 Å². The average molecular weight is 742 g/mol. The van der Waals surface area contributed by atoms with Crippen LogP contribution >= 0.6 is 0 Å². The SMILES string of the molecule is c1ccc(-c2cc(-c3ccccc3-c3ccc(-c4ccc5ccccc5c4-c4nc(-c5ccccc5)nc(-c5ccccc5)n4)cc3)nc(-c3ccccc3)n2)cc1. The molecule has 0 N–H and O–H groups in total. The Morgan fingerprint density at radius 1 is 0.241 bits per heavy atom. The minimum absolute atomic E-state index is 0.626. The van der Waals surface area contributed by atoms with Crippen molar-refractivity contribution in [3.8, 4) is 90.3 Å². The highest BCUT2D eigenvalue weighted by Crippen LogP contribution is 2.40. The van der Waals surface area contributed by atoms with E-state index in [1.165, 1.54) is 0 Å². The standard InChI is InChI=1S/C53H35N5/c1-5-18-39(19-6-1)47-35-48(55-50(54-47)40-20-7-2-8-21-40)46-28-16-15-26-43(46)37-29-31-38(32-30-37)45-34-33-36-17-13-14-27-44(36)49(45)53-57-51(41-22-9-3-10-23-41)56-52(58-53)42-24-11-4-12-25-42/h1-35H. The maximum Gasteiger partial charge on any atom is 0.165 e. The van der Waals surface area contributed by atoms with Gasteiger partial charge in [-0.1, -0.05) is 206 Å². The predicted molar refractivity (Wildman–Crippen MR) is 236 cm³/mol. The molecular formula is C53H35N5. The first-order valence-corrected chi connectivity index (χ1v) is 19.3. The van der Waals surface area contributed by atoms with Crippen LogP contribution in [0.5, 0.6) is 0 Å². The van der Waals surface area contributed by atoms with Gasteiger partial charge < -0.3 is 0 Å². The third-order valence-corrected chi connectivity index (χ3v) is 10.4. The topological polar surface area (TPSA) is 64.5 Å². The van der Waals surface area contributed by atoms with Crippen molar-refractivity contribution >= 4 is 10.8 Å². The summed E-state index contributed by atoms with van der Waals surface area (Å²) < 4.78 is 0. The summed E-state index contributed by atoms with van der Waals surface area (Å²) in [5, 5.41) is 2.19. The third-order valence-electron chi connectivity index (χ3n) is 10.4. The summed E-state index contributed by atoms with van der Waals surface area (Å²) in [5.41, 5.74) is 11.9. The lowest BCUT2D eigenvalue weighted by Crippen LogP contribution is -2.01. The molecule has 0 amide bonds. The molecule has 0 fully saturated rings. The van der Waals surface area contributed by atoms with Gasteiger partial charge in [0.05, 0.1) is 11.4 Å².